The maximum absolute atomic E-state index is 12.3. The maximum atomic E-state index is 12.3. The molecular weight excluding hydrogens is 272 g/mol. The standard InChI is InChI=1S/C15H20N2O4/c18-14(12-4-1-2-10-20-12)16-6-8-17(9-7-16)15(19)13-5-3-11-21-13/h3,5,11-12H,1-2,4,6-10H2. The molecule has 21 heavy (non-hydrogen) atoms. The Morgan fingerprint density at radius 1 is 1.10 bits per heavy atom. The molecule has 0 saturated carbocycles. The predicted octanol–water partition coefficient (Wildman–Crippen LogP) is 1.13. The Morgan fingerprint density at radius 2 is 1.86 bits per heavy atom. The van der Waals surface area contributed by atoms with Crippen molar-refractivity contribution < 1.29 is 18.7 Å². The lowest BCUT2D eigenvalue weighted by Crippen LogP contribution is -2.53. The molecule has 1 unspecified atom stereocenters. The van der Waals surface area contributed by atoms with E-state index in [0.717, 1.165) is 19.3 Å². The summed E-state index contributed by atoms with van der Waals surface area (Å²) in [5, 5.41) is 0. The van der Waals surface area contributed by atoms with Crippen molar-refractivity contribution in [1.29, 1.82) is 0 Å². The summed E-state index contributed by atoms with van der Waals surface area (Å²) in [6, 6.07) is 3.36. The van der Waals surface area contributed by atoms with E-state index in [1.165, 1.54) is 6.26 Å². The third-order valence-electron chi connectivity index (χ3n) is 4.07. The molecule has 1 aromatic rings. The number of hydrogen-bond donors (Lipinski definition) is 0. The normalized spacial score (nSPS) is 23.1. The van der Waals surface area contributed by atoms with Crippen LogP contribution in [0.2, 0.25) is 0 Å². The van der Waals surface area contributed by atoms with E-state index in [4.69, 9.17) is 9.15 Å². The third kappa shape index (κ3) is 3.10. The zero-order valence-electron chi connectivity index (χ0n) is 12.0. The van der Waals surface area contributed by atoms with Crippen LogP contribution in [0, 0.1) is 0 Å². The Bertz CT molecular complexity index is 486. The topological polar surface area (TPSA) is 63.0 Å². The summed E-state index contributed by atoms with van der Waals surface area (Å²) in [4.78, 5) is 28.0. The number of ether oxygens (including phenoxy) is 1. The minimum Gasteiger partial charge on any atom is -0.459 e. The van der Waals surface area contributed by atoms with Crippen LogP contribution in [0.25, 0.3) is 0 Å². The lowest BCUT2D eigenvalue weighted by Gasteiger charge is -2.36. The molecule has 2 aliphatic heterocycles. The van der Waals surface area contributed by atoms with Crippen molar-refractivity contribution in [3.63, 3.8) is 0 Å². The number of furan rings is 1. The van der Waals surface area contributed by atoms with E-state index in [1.807, 2.05) is 4.90 Å². The van der Waals surface area contributed by atoms with Gasteiger partial charge in [0.05, 0.1) is 6.26 Å². The average Bonchev–Trinajstić information content (AvgIpc) is 3.09. The van der Waals surface area contributed by atoms with E-state index < -0.39 is 0 Å². The highest BCUT2D eigenvalue weighted by Gasteiger charge is 2.31. The first-order valence-electron chi connectivity index (χ1n) is 7.49. The highest BCUT2D eigenvalue weighted by Crippen LogP contribution is 2.17. The predicted molar refractivity (Wildman–Crippen MR) is 74.8 cm³/mol. The second-order valence-electron chi connectivity index (χ2n) is 5.45. The minimum atomic E-state index is -0.286. The SMILES string of the molecule is O=C(c1ccco1)N1CCN(C(=O)C2CCCCO2)CC1. The highest BCUT2D eigenvalue weighted by molar-refractivity contribution is 5.91. The lowest BCUT2D eigenvalue weighted by molar-refractivity contribution is -0.147. The molecule has 0 bridgehead atoms. The molecule has 1 atom stereocenters. The van der Waals surface area contributed by atoms with Gasteiger partial charge < -0.3 is 19.0 Å². The Hall–Kier alpha value is -1.82. The molecule has 3 rings (SSSR count). The van der Waals surface area contributed by atoms with E-state index in [1.54, 1.807) is 17.0 Å². The first kappa shape index (κ1) is 14.1. The third-order valence-corrected chi connectivity index (χ3v) is 4.07. The average molecular weight is 292 g/mol. The molecule has 0 N–H and O–H groups in total. The van der Waals surface area contributed by atoms with Crippen molar-refractivity contribution in [2.75, 3.05) is 32.8 Å². The van der Waals surface area contributed by atoms with Crippen molar-refractivity contribution in [3.8, 4) is 0 Å². The van der Waals surface area contributed by atoms with E-state index >= 15 is 0 Å². The van der Waals surface area contributed by atoms with Crippen LogP contribution in [0.4, 0.5) is 0 Å². The summed E-state index contributed by atoms with van der Waals surface area (Å²) >= 11 is 0. The van der Waals surface area contributed by atoms with Gasteiger partial charge >= 0.3 is 0 Å². The van der Waals surface area contributed by atoms with Crippen LogP contribution in [-0.2, 0) is 9.53 Å². The molecule has 2 amide bonds. The zero-order chi connectivity index (χ0) is 14.7. The quantitative estimate of drug-likeness (QED) is 0.820. The first-order chi connectivity index (χ1) is 10.3. The zero-order valence-corrected chi connectivity index (χ0v) is 12.0. The first-order valence-corrected chi connectivity index (χ1v) is 7.49. The summed E-state index contributed by atoms with van der Waals surface area (Å²) < 4.78 is 10.7. The smallest absolute Gasteiger partial charge is 0.289 e. The Kier molecular flexibility index (Phi) is 4.24. The van der Waals surface area contributed by atoms with Crippen LogP contribution in [0.15, 0.2) is 22.8 Å². The Labute approximate surface area is 123 Å². The summed E-state index contributed by atoms with van der Waals surface area (Å²) in [6.07, 6.45) is 4.10. The molecule has 114 valence electrons. The molecule has 6 heteroatoms. The van der Waals surface area contributed by atoms with Gasteiger partial charge in [0.1, 0.15) is 6.10 Å². The number of hydrogen-bond acceptors (Lipinski definition) is 4. The van der Waals surface area contributed by atoms with Gasteiger partial charge in [-0.3, -0.25) is 9.59 Å². The molecule has 0 aliphatic carbocycles. The van der Waals surface area contributed by atoms with Gasteiger partial charge in [-0.25, -0.2) is 0 Å². The van der Waals surface area contributed by atoms with Crippen LogP contribution in [0.3, 0.4) is 0 Å². The van der Waals surface area contributed by atoms with Gasteiger partial charge in [0.25, 0.3) is 11.8 Å². The van der Waals surface area contributed by atoms with Crippen molar-refractivity contribution in [3.05, 3.63) is 24.2 Å². The Morgan fingerprint density at radius 3 is 2.48 bits per heavy atom. The van der Waals surface area contributed by atoms with Crippen molar-refractivity contribution >= 4 is 11.8 Å². The largest absolute Gasteiger partial charge is 0.459 e. The molecule has 1 aromatic heterocycles. The monoisotopic (exact) mass is 292 g/mol. The number of nitrogens with zero attached hydrogens (tertiary/aromatic N) is 2. The highest BCUT2D eigenvalue weighted by atomic mass is 16.5. The molecule has 0 radical (unpaired) electrons. The lowest BCUT2D eigenvalue weighted by atomic mass is 10.1. The number of carbonyl (C=O) groups excluding carboxylic acids is 2. The number of rotatable bonds is 2. The van der Waals surface area contributed by atoms with Gasteiger partial charge in [-0.05, 0) is 31.4 Å². The van der Waals surface area contributed by atoms with E-state index in [2.05, 4.69) is 0 Å². The second kappa shape index (κ2) is 6.30. The van der Waals surface area contributed by atoms with Gasteiger partial charge in [0, 0.05) is 32.8 Å². The van der Waals surface area contributed by atoms with Gasteiger partial charge in [-0.2, -0.15) is 0 Å². The number of piperazine rings is 1. The molecular formula is C15H20N2O4. The van der Waals surface area contributed by atoms with Crippen molar-refractivity contribution in [1.82, 2.24) is 9.80 Å². The molecule has 2 saturated heterocycles. The number of carbonyl (C=O) groups is 2. The fraction of sp³-hybridized carbons (Fsp3) is 0.600. The maximum Gasteiger partial charge on any atom is 0.289 e. The van der Waals surface area contributed by atoms with Gasteiger partial charge in [0.2, 0.25) is 0 Å². The van der Waals surface area contributed by atoms with Crippen LogP contribution < -0.4 is 0 Å². The van der Waals surface area contributed by atoms with Gasteiger partial charge in [-0.1, -0.05) is 0 Å². The molecule has 0 spiro atoms. The van der Waals surface area contributed by atoms with Crippen LogP contribution >= 0.6 is 0 Å². The van der Waals surface area contributed by atoms with E-state index in [0.29, 0.717) is 38.5 Å². The van der Waals surface area contributed by atoms with Crippen molar-refractivity contribution in [2.45, 2.75) is 25.4 Å². The fourth-order valence-corrected chi connectivity index (χ4v) is 2.83. The summed E-state index contributed by atoms with van der Waals surface area (Å²) in [5.41, 5.74) is 0. The van der Waals surface area contributed by atoms with Gasteiger partial charge in [-0.15, -0.1) is 0 Å². The van der Waals surface area contributed by atoms with Gasteiger partial charge in [0.15, 0.2) is 5.76 Å². The molecule has 2 fully saturated rings. The van der Waals surface area contributed by atoms with Crippen molar-refractivity contribution in [2.24, 2.45) is 0 Å². The summed E-state index contributed by atoms with van der Waals surface area (Å²) in [5.74, 6) is 0.311. The Balaban J connectivity index is 1.52. The molecule has 0 aromatic carbocycles. The molecule has 3 heterocycles. The number of amides is 2. The molecule has 2 aliphatic rings. The minimum absolute atomic E-state index is 0.0693. The van der Waals surface area contributed by atoms with E-state index in [9.17, 15) is 9.59 Å². The molecule has 6 nitrogen and oxygen atoms in total. The summed E-state index contributed by atoms with van der Waals surface area (Å²) in [6.45, 7) is 2.87. The van der Waals surface area contributed by atoms with Crippen LogP contribution in [0.1, 0.15) is 29.8 Å². The summed E-state index contributed by atoms with van der Waals surface area (Å²) in [7, 11) is 0. The fourth-order valence-electron chi connectivity index (χ4n) is 2.83. The second-order valence-corrected chi connectivity index (χ2v) is 5.45. The van der Waals surface area contributed by atoms with Crippen LogP contribution in [0.5, 0.6) is 0 Å². The van der Waals surface area contributed by atoms with Crippen LogP contribution in [-0.4, -0.2) is 60.5 Å². The van der Waals surface area contributed by atoms with E-state index in [-0.39, 0.29) is 17.9 Å².